The second-order valence-electron chi connectivity index (χ2n) is 7.15. The molecule has 0 unspecified atom stereocenters. The Labute approximate surface area is 159 Å². The lowest BCUT2D eigenvalue weighted by Crippen LogP contribution is -2.33. The van der Waals surface area contributed by atoms with Gasteiger partial charge >= 0.3 is 0 Å². The van der Waals surface area contributed by atoms with Crippen LogP contribution in [0.3, 0.4) is 0 Å². The summed E-state index contributed by atoms with van der Waals surface area (Å²) in [5.74, 6) is 0. The van der Waals surface area contributed by atoms with Crippen molar-refractivity contribution in [2.24, 2.45) is 0 Å². The van der Waals surface area contributed by atoms with Crippen molar-refractivity contribution in [2.75, 3.05) is 11.9 Å². The molecule has 5 rings (SSSR count). The van der Waals surface area contributed by atoms with Crippen LogP contribution in [0.4, 0.5) is 5.69 Å². The fraction of sp³-hybridized carbons (Fsp3) is 0.174. The second kappa shape index (κ2) is 5.88. The number of pyridine rings is 1. The normalized spacial score (nSPS) is 16.8. The van der Waals surface area contributed by atoms with Crippen LogP contribution in [-0.4, -0.2) is 27.7 Å². The van der Waals surface area contributed by atoms with Crippen LogP contribution >= 0.6 is 0 Å². The number of para-hydroxylation sites is 2. The van der Waals surface area contributed by atoms with Gasteiger partial charge in [0.05, 0.1) is 16.9 Å². The molecule has 4 heteroatoms. The topological polar surface area (TPSA) is 24.3 Å². The SMILES string of the molecule is Cc1nc2c(cc1N1C=CN(C)[C@@H]1C)c1ccccc1n2-c1ccccc1. The summed E-state index contributed by atoms with van der Waals surface area (Å²) in [5, 5.41) is 2.42. The first-order valence-electron chi connectivity index (χ1n) is 9.30. The largest absolute Gasteiger partial charge is 0.359 e. The van der Waals surface area contributed by atoms with Crippen molar-refractivity contribution in [3.8, 4) is 5.69 Å². The van der Waals surface area contributed by atoms with Crippen LogP contribution in [0.1, 0.15) is 12.6 Å². The van der Waals surface area contributed by atoms with E-state index in [4.69, 9.17) is 4.98 Å². The van der Waals surface area contributed by atoms with E-state index >= 15 is 0 Å². The Bertz CT molecular complexity index is 1170. The van der Waals surface area contributed by atoms with E-state index in [-0.39, 0.29) is 6.17 Å². The van der Waals surface area contributed by atoms with Gasteiger partial charge in [-0.15, -0.1) is 0 Å². The minimum atomic E-state index is 0.283. The van der Waals surface area contributed by atoms with Crippen molar-refractivity contribution in [1.29, 1.82) is 0 Å². The van der Waals surface area contributed by atoms with E-state index in [9.17, 15) is 0 Å². The zero-order valence-corrected chi connectivity index (χ0v) is 15.8. The zero-order chi connectivity index (χ0) is 18.5. The minimum absolute atomic E-state index is 0.283. The predicted octanol–water partition coefficient (Wildman–Crippen LogP) is 5.06. The summed E-state index contributed by atoms with van der Waals surface area (Å²) < 4.78 is 2.26. The number of hydrogen-bond donors (Lipinski definition) is 0. The molecule has 0 N–H and O–H groups in total. The Morgan fingerprint density at radius 2 is 1.63 bits per heavy atom. The van der Waals surface area contributed by atoms with E-state index in [0.29, 0.717) is 0 Å². The lowest BCUT2D eigenvalue weighted by molar-refractivity contribution is 0.383. The lowest BCUT2D eigenvalue weighted by atomic mass is 10.1. The van der Waals surface area contributed by atoms with Crippen LogP contribution in [0.15, 0.2) is 73.1 Å². The van der Waals surface area contributed by atoms with Crippen LogP contribution in [0.2, 0.25) is 0 Å². The Morgan fingerprint density at radius 3 is 2.37 bits per heavy atom. The number of aryl methyl sites for hydroxylation is 1. The van der Waals surface area contributed by atoms with Gasteiger partial charge in [-0.1, -0.05) is 36.4 Å². The van der Waals surface area contributed by atoms with Gasteiger partial charge in [-0.3, -0.25) is 4.57 Å². The molecule has 2 aromatic heterocycles. The highest BCUT2D eigenvalue weighted by atomic mass is 15.4. The van der Waals surface area contributed by atoms with Gasteiger partial charge in [0.15, 0.2) is 0 Å². The Balaban J connectivity index is 1.82. The third-order valence-corrected chi connectivity index (χ3v) is 5.56. The first-order chi connectivity index (χ1) is 13.1. The van der Waals surface area contributed by atoms with Gasteiger partial charge in [0.2, 0.25) is 0 Å². The van der Waals surface area contributed by atoms with Crippen LogP contribution in [-0.2, 0) is 0 Å². The van der Waals surface area contributed by atoms with Crippen LogP contribution in [0.5, 0.6) is 0 Å². The monoisotopic (exact) mass is 354 g/mol. The Morgan fingerprint density at radius 1 is 0.889 bits per heavy atom. The van der Waals surface area contributed by atoms with E-state index in [0.717, 1.165) is 22.7 Å². The standard InChI is InChI=1S/C23H22N4/c1-16-22(26-14-13-25(3)17(26)2)15-20-19-11-7-8-12-21(19)27(23(20)24-16)18-9-5-4-6-10-18/h4-15,17H,1-3H3/t17-/m0/s1. The molecule has 0 bridgehead atoms. The molecule has 0 saturated heterocycles. The number of fused-ring (bicyclic) bond motifs is 3. The van der Waals surface area contributed by atoms with Crippen molar-refractivity contribution in [2.45, 2.75) is 20.0 Å². The highest BCUT2D eigenvalue weighted by molar-refractivity contribution is 6.09. The molecule has 1 atom stereocenters. The average molecular weight is 354 g/mol. The van der Waals surface area contributed by atoms with Gasteiger partial charge < -0.3 is 9.80 Å². The third-order valence-electron chi connectivity index (χ3n) is 5.56. The fourth-order valence-electron chi connectivity index (χ4n) is 3.96. The molecule has 0 radical (unpaired) electrons. The molecule has 2 aromatic carbocycles. The van der Waals surface area contributed by atoms with E-state index < -0.39 is 0 Å². The van der Waals surface area contributed by atoms with Crippen molar-refractivity contribution in [1.82, 2.24) is 14.5 Å². The number of anilines is 1. The van der Waals surface area contributed by atoms with Gasteiger partial charge in [0.1, 0.15) is 11.8 Å². The summed E-state index contributed by atoms with van der Waals surface area (Å²) in [6.07, 6.45) is 4.53. The average Bonchev–Trinajstić information content (AvgIpc) is 3.19. The van der Waals surface area contributed by atoms with Crippen LogP contribution < -0.4 is 4.90 Å². The van der Waals surface area contributed by atoms with Crippen molar-refractivity contribution in [3.05, 3.63) is 78.8 Å². The molecule has 1 aliphatic rings. The summed E-state index contributed by atoms with van der Waals surface area (Å²) in [6, 6.07) is 21.3. The molecule has 4 nitrogen and oxygen atoms in total. The third kappa shape index (κ3) is 2.33. The van der Waals surface area contributed by atoms with Crippen molar-refractivity contribution >= 4 is 27.6 Å². The summed E-state index contributed by atoms with van der Waals surface area (Å²) in [7, 11) is 2.10. The molecular formula is C23H22N4. The molecular weight excluding hydrogens is 332 g/mol. The quantitative estimate of drug-likeness (QED) is 0.503. The summed E-state index contributed by atoms with van der Waals surface area (Å²) in [5.41, 5.74) is 5.52. The summed E-state index contributed by atoms with van der Waals surface area (Å²) >= 11 is 0. The molecule has 0 saturated carbocycles. The predicted molar refractivity (Wildman–Crippen MR) is 112 cm³/mol. The van der Waals surface area contributed by atoms with Gasteiger partial charge in [-0.2, -0.15) is 0 Å². The molecule has 27 heavy (non-hydrogen) atoms. The van der Waals surface area contributed by atoms with E-state index in [1.54, 1.807) is 0 Å². The van der Waals surface area contributed by atoms with Gasteiger partial charge in [0, 0.05) is 35.9 Å². The molecule has 134 valence electrons. The fourth-order valence-corrected chi connectivity index (χ4v) is 3.96. The Kier molecular flexibility index (Phi) is 3.47. The van der Waals surface area contributed by atoms with Crippen LogP contribution in [0, 0.1) is 6.92 Å². The first-order valence-corrected chi connectivity index (χ1v) is 9.30. The van der Waals surface area contributed by atoms with Crippen molar-refractivity contribution in [3.63, 3.8) is 0 Å². The molecule has 3 heterocycles. The van der Waals surface area contributed by atoms with Gasteiger partial charge in [0.25, 0.3) is 0 Å². The van der Waals surface area contributed by atoms with Gasteiger partial charge in [-0.25, -0.2) is 4.98 Å². The molecule has 0 fully saturated rings. The molecule has 4 aromatic rings. The second-order valence-corrected chi connectivity index (χ2v) is 7.15. The maximum atomic E-state index is 5.06. The minimum Gasteiger partial charge on any atom is -0.359 e. The van der Waals surface area contributed by atoms with Crippen LogP contribution in [0.25, 0.3) is 27.6 Å². The van der Waals surface area contributed by atoms with E-state index in [1.165, 1.54) is 16.3 Å². The summed E-state index contributed by atoms with van der Waals surface area (Å²) in [4.78, 5) is 9.56. The highest BCUT2D eigenvalue weighted by Gasteiger charge is 2.24. The number of nitrogens with zero attached hydrogens (tertiary/aromatic N) is 4. The van der Waals surface area contributed by atoms with Crippen molar-refractivity contribution < 1.29 is 0 Å². The molecule has 0 aliphatic carbocycles. The number of benzene rings is 2. The lowest BCUT2D eigenvalue weighted by Gasteiger charge is -2.28. The first kappa shape index (κ1) is 15.9. The van der Waals surface area contributed by atoms with E-state index in [2.05, 4.69) is 102 Å². The summed E-state index contributed by atoms with van der Waals surface area (Å²) in [6.45, 7) is 4.30. The number of rotatable bonds is 2. The number of aromatic nitrogens is 2. The molecule has 0 spiro atoms. The molecule has 0 amide bonds. The zero-order valence-electron chi connectivity index (χ0n) is 15.8. The highest BCUT2D eigenvalue weighted by Crippen LogP contribution is 2.35. The molecule has 1 aliphatic heterocycles. The maximum absolute atomic E-state index is 5.06. The smallest absolute Gasteiger partial charge is 0.146 e. The number of hydrogen-bond acceptors (Lipinski definition) is 3. The van der Waals surface area contributed by atoms with E-state index in [1.807, 2.05) is 6.07 Å². The maximum Gasteiger partial charge on any atom is 0.146 e. The van der Waals surface area contributed by atoms with Gasteiger partial charge in [-0.05, 0) is 38.1 Å². The Hall–Kier alpha value is -3.27.